The first-order valence-electron chi connectivity index (χ1n) is 6.16. The summed E-state index contributed by atoms with van der Waals surface area (Å²) in [6.45, 7) is 0.343. The molecule has 116 valence electrons. The predicted molar refractivity (Wildman–Crippen MR) is 68.6 cm³/mol. The van der Waals surface area contributed by atoms with E-state index in [2.05, 4.69) is 9.72 Å². The number of nitrogens with zero attached hydrogens (tertiary/aromatic N) is 2. The minimum atomic E-state index is -1.35. The Labute approximate surface area is 120 Å². The average Bonchev–Trinajstić information content (AvgIpc) is 2.49. The Balaban J connectivity index is 2.88. The maximum atomic E-state index is 13.6. The molecule has 1 rings (SSSR count). The summed E-state index contributed by atoms with van der Waals surface area (Å²) in [5.41, 5.74) is -0.441. The molecular weight excluding hydrogens is 286 g/mol. The molecule has 0 aliphatic carbocycles. The average molecular weight is 302 g/mol. The lowest BCUT2D eigenvalue weighted by molar-refractivity contribution is -0.140. The molecule has 0 N–H and O–H groups in total. The van der Waals surface area contributed by atoms with Crippen LogP contribution in [0.15, 0.2) is 12.3 Å². The Kier molecular flexibility index (Phi) is 6.67. The van der Waals surface area contributed by atoms with Crippen molar-refractivity contribution < 1.29 is 27.8 Å². The van der Waals surface area contributed by atoms with Gasteiger partial charge in [-0.2, -0.15) is 4.39 Å². The SMILES string of the molecule is COCCN(CCC(=O)OC)C(=O)c1ccnc(F)c1F. The van der Waals surface area contributed by atoms with Gasteiger partial charge in [0.05, 0.1) is 25.7 Å². The van der Waals surface area contributed by atoms with Crippen molar-refractivity contribution >= 4 is 11.9 Å². The molecule has 0 fully saturated rings. The third-order valence-electron chi connectivity index (χ3n) is 2.74. The number of aromatic nitrogens is 1. The van der Waals surface area contributed by atoms with Gasteiger partial charge < -0.3 is 14.4 Å². The quantitative estimate of drug-likeness (QED) is 0.555. The van der Waals surface area contributed by atoms with Crippen LogP contribution in [0.1, 0.15) is 16.8 Å². The fraction of sp³-hybridized carbons (Fsp3) is 0.462. The van der Waals surface area contributed by atoms with Gasteiger partial charge in [0.1, 0.15) is 0 Å². The van der Waals surface area contributed by atoms with Crippen molar-refractivity contribution in [3.05, 3.63) is 29.6 Å². The summed E-state index contributed by atoms with van der Waals surface area (Å²) in [4.78, 5) is 27.7. The second-order valence-corrected chi connectivity index (χ2v) is 4.07. The number of amides is 1. The Bertz CT molecular complexity index is 511. The molecule has 0 saturated carbocycles. The van der Waals surface area contributed by atoms with E-state index in [9.17, 15) is 18.4 Å². The predicted octanol–water partition coefficient (Wildman–Crippen LogP) is 1.01. The zero-order valence-electron chi connectivity index (χ0n) is 11.8. The molecule has 1 amide bonds. The van der Waals surface area contributed by atoms with Crippen LogP contribution in [-0.4, -0.2) is 55.7 Å². The van der Waals surface area contributed by atoms with Crippen molar-refractivity contribution in [2.75, 3.05) is 33.9 Å². The normalized spacial score (nSPS) is 10.3. The van der Waals surface area contributed by atoms with Gasteiger partial charge in [0, 0.05) is 26.4 Å². The van der Waals surface area contributed by atoms with E-state index in [0.29, 0.717) is 0 Å². The Hall–Kier alpha value is -2.09. The number of carbonyl (C=O) groups excluding carboxylic acids is 2. The molecule has 8 heteroatoms. The minimum Gasteiger partial charge on any atom is -0.469 e. The highest BCUT2D eigenvalue weighted by atomic mass is 19.2. The van der Waals surface area contributed by atoms with Gasteiger partial charge in [-0.3, -0.25) is 9.59 Å². The number of esters is 1. The molecule has 0 aromatic carbocycles. The second kappa shape index (κ2) is 8.25. The molecule has 0 bridgehead atoms. The number of methoxy groups -OCH3 is 2. The molecular formula is C13H16F2N2O4. The van der Waals surface area contributed by atoms with E-state index in [1.807, 2.05) is 0 Å². The van der Waals surface area contributed by atoms with Gasteiger partial charge >= 0.3 is 5.97 Å². The van der Waals surface area contributed by atoms with Gasteiger partial charge in [0.15, 0.2) is 5.82 Å². The molecule has 1 aromatic rings. The number of hydrogen-bond donors (Lipinski definition) is 0. The van der Waals surface area contributed by atoms with E-state index in [-0.39, 0.29) is 26.1 Å². The Morgan fingerprint density at radius 1 is 1.29 bits per heavy atom. The summed E-state index contributed by atoms with van der Waals surface area (Å²) < 4.78 is 36.0. The van der Waals surface area contributed by atoms with E-state index in [4.69, 9.17) is 4.74 Å². The van der Waals surface area contributed by atoms with Gasteiger partial charge in [-0.05, 0) is 6.07 Å². The summed E-state index contributed by atoms with van der Waals surface area (Å²) in [7, 11) is 2.66. The molecule has 1 aromatic heterocycles. The van der Waals surface area contributed by atoms with Gasteiger partial charge in [-0.25, -0.2) is 9.37 Å². The topological polar surface area (TPSA) is 68.7 Å². The summed E-state index contributed by atoms with van der Waals surface area (Å²) in [5.74, 6) is -3.91. The number of ether oxygens (including phenoxy) is 2. The lowest BCUT2D eigenvalue weighted by atomic mass is 10.2. The van der Waals surface area contributed by atoms with Crippen molar-refractivity contribution in [3.63, 3.8) is 0 Å². The highest BCUT2D eigenvalue weighted by Gasteiger charge is 2.22. The Morgan fingerprint density at radius 2 is 2.00 bits per heavy atom. The highest BCUT2D eigenvalue weighted by Crippen LogP contribution is 2.12. The molecule has 0 saturated heterocycles. The first-order chi connectivity index (χ1) is 10.0. The zero-order valence-corrected chi connectivity index (χ0v) is 11.8. The molecule has 0 radical (unpaired) electrons. The summed E-state index contributed by atoms with van der Waals surface area (Å²) >= 11 is 0. The molecule has 21 heavy (non-hydrogen) atoms. The standard InChI is InChI=1S/C13H16F2N2O4/c1-20-8-7-17(6-4-10(18)21-2)13(19)9-3-5-16-12(15)11(9)14/h3,5H,4,6-8H2,1-2H3. The summed E-state index contributed by atoms with van der Waals surface area (Å²) in [5, 5.41) is 0. The number of halogens is 2. The largest absolute Gasteiger partial charge is 0.469 e. The van der Waals surface area contributed by atoms with E-state index in [1.165, 1.54) is 19.1 Å². The fourth-order valence-corrected chi connectivity index (χ4v) is 1.60. The molecule has 0 atom stereocenters. The van der Waals surface area contributed by atoms with Crippen LogP contribution in [0.5, 0.6) is 0 Å². The van der Waals surface area contributed by atoms with Crippen LogP contribution in [0.25, 0.3) is 0 Å². The lowest BCUT2D eigenvalue weighted by Gasteiger charge is -2.22. The Morgan fingerprint density at radius 3 is 2.62 bits per heavy atom. The third kappa shape index (κ3) is 4.75. The number of carbonyl (C=O) groups is 2. The van der Waals surface area contributed by atoms with Gasteiger partial charge in [0.25, 0.3) is 5.91 Å². The molecule has 0 spiro atoms. The highest BCUT2D eigenvalue weighted by molar-refractivity contribution is 5.94. The molecule has 6 nitrogen and oxygen atoms in total. The van der Waals surface area contributed by atoms with Crippen molar-refractivity contribution in [2.24, 2.45) is 0 Å². The van der Waals surface area contributed by atoms with Gasteiger partial charge in [-0.1, -0.05) is 0 Å². The molecule has 0 aliphatic rings. The van der Waals surface area contributed by atoms with Gasteiger partial charge in [0.2, 0.25) is 5.95 Å². The smallest absolute Gasteiger partial charge is 0.307 e. The maximum absolute atomic E-state index is 13.6. The first kappa shape index (κ1) is 17.0. The van der Waals surface area contributed by atoms with Crippen molar-refractivity contribution in [1.29, 1.82) is 0 Å². The maximum Gasteiger partial charge on any atom is 0.307 e. The van der Waals surface area contributed by atoms with E-state index < -0.39 is 29.2 Å². The van der Waals surface area contributed by atoms with E-state index in [1.54, 1.807) is 0 Å². The van der Waals surface area contributed by atoms with Crippen LogP contribution in [0.3, 0.4) is 0 Å². The fourth-order valence-electron chi connectivity index (χ4n) is 1.60. The van der Waals surface area contributed by atoms with Gasteiger partial charge in [-0.15, -0.1) is 0 Å². The van der Waals surface area contributed by atoms with Crippen molar-refractivity contribution in [3.8, 4) is 0 Å². The van der Waals surface area contributed by atoms with Crippen LogP contribution in [0, 0.1) is 11.8 Å². The third-order valence-corrected chi connectivity index (χ3v) is 2.74. The van der Waals surface area contributed by atoms with E-state index in [0.717, 1.165) is 12.3 Å². The zero-order chi connectivity index (χ0) is 15.8. The number of rotatable bonds is 7. The molecule has 0 aliphatic heterocycles. The van der Waals surface area contributed by atoms with Crippen LogP contribution < -0.4 is 0 Å². The molecule has 0 unspecified atom stereocenters. The summed E-state index contributed by atoms with van der Waals surface area (Å²) in [6, 6.07) is 1.08. The van der Waals surface area contributed by atoms with Crippen LogP contribution in [0.4, 0.5) is 8.78 Å². The first-order valence-corrected chi connectivity index (χ1v) is 6.16. The molecule has 1 heterocycles. The summed E-state index contributed by atoms with van der Waals surface area (Å²) in [6.07, 6.45) is 0.946. The lowest BCUT2D eigenvalue weighted by Crippen LogP contribution is -2.36. The number of pyridine rings is 1. The van der Waals surface area contributed by atoms with E-state index >= 15 is 0 Å². The van der Waals surface area contributed by atoms with Crippen molar-refractivity contribution in [2.45, 2.75) is 6.42 Å². The van der Waals surface area contributed by atoms with Crippen molar-refractivity contribution in [1.82, 2.24) is 9.88 Å². The van der Waals surface area contributed by atoms with Crippen LogP contribution in [-0.2, 0) is 14.3 Å². The minimum absolute atomic E-state index is 0.0122. The van der Waals surface area contributed by atoms with Crippen LogP contribution >= 0.6 is 0 Å². The number of hydrogen-bond acceptors (Lipinski definition) is 5. The monoisotopic (exact) mass is 302 g/mol. The second-order valence-electron chi connectivity index (χ2n) is 4.07. The van der Waals surface area contributed by atoms with Crippen LogP contribution in [0.2, 0.25) is 0 Å².